The molecule has 3 aromatic rings. The van der Waals surface area contributed by atoms with Gasteiger partial charge >= 0.3 is 0 Å². The molecule has 0 radical (unpaired) electrons. The molecular weight excluding hydrogens is 348 g/mol. The minimum Gasteiger partial charge on any atom is -0.337 e. The Balaban J connectivity index is 1.65. The summed E-state index contributed by atoms with van der Waals surface area (Å²) in [6, 6.07) is 6.77. The molecule has 0 unspecified atom stereocenters. The number of nitrogens with zero attached hydrogens (tertiary/aromatic N) is 4. The third kappa shape index (κ3) is 4.20. The standard InChI is InChI=1S/C18H20N6O3/c1-2-24-18(27)14-7-4-3-6-13(14)16(22-24)17(26)21-20-15(25)8-5-10-23-11-9-19-12-23/h3-4,6-7,9,11-12H,2,5,8,10H2,1H3,(H,20,25)(H,21,26). The van der Waals surface area contributed by atoms with Crippen LogP contribution in [-0.2, 0) is 17.9 Å². The van der Waals surface area contributed by atoms with Crippen LogP contribution in [-0.4, -0.2) is 31.1 Å². The van der Waals surface area contributed by atoms with Crippen molar-refractivity contribution < 1.29 is 9.59 Å². The fraction of sp³-hybridized carbons (Fsp3) is 0.278. The van der Waals surface area contributed by atoms with Crippen molar-refractivity contribution in [2.24, 2.45) is 0 Å². The minimum atomic E-state index is -0.573. The third-order valence-electron chi connectivity index (χ3n) is 4.08. The van der Waals surface area contributed by atoms with E-state index in [1.165, 1.54) is 4.68 Å². The summed E-state index contributed by atoms with van der Waals surface area (Å²) in [7, 11) is 0. The second-order valence-electron chi connectivity index (χ2n) is 5.92. The van der Waals surface area contributed by atoms with Crippen molar-refractivity contribution in [2.75, 3.05) is 0 Å². The van der Waals surface area contributed by atoms with Crippen molar-refractivity contribution in [1.29, 1.82) is 0 Å². The molecule has 0 aliphatic rings. The summed E-state index contributed by atoms with van der Waals surface area (Å²) >= 11 is 0. The van der Waals surface area contributed by atoms with Gasteiger partial charge in [0.25, 0.3) is 11.5 Å². The lowest BCUT2D eigenvalue weighted by Crippen LogP contribution is -2.42. The fourth-order valence-electron chi connectivity index (χ4n) is 2.71. The van der Waals surface area contributed by atoms with Crippen LogP contribution in [0.15, 0.2) is 47.8 Å². The molecule has 2 aromatic heterocycles. The molecule has 9 nitrogen and oxygen atoms in total. The number of nitrogens with one attached hydrogen (secondary N) is 2. The Hall–Kier alpha value is -3.49. The monoisotopic (exact) mass is 368 g/mol. The normalized spacial score (nSPS) is 10.7. The van der Waals surface area contributed by atoms with E-state index in [4.69, 9.17) is 0 Å². The van der Waals surface area contributed by atoms with Crippen LogP contribution < -0.4 is 16.4 Å². The van der Waals surface area contributed by atoms with Gasteiger partial charge in [0.15, 0.2) is 5.69 Å². The summed E-state index contributed by atoms with van der Waals surface area (Å²) in [5.74, 6) is -0.882. The number of rotatable bonds is 6. The highest BCUT2D eigenvalue weighted by Gasteiger charge is 2.16. The second kappa shape index (κ2) is 8.26. The molecule has 0 saturated carbocycles. The van der Waals surface area contributed by atoms with Crippen LogP contribution in [0.5, 0.6) is 0 Å². The highest BCUT2D eigenvalue weighted by molar-refractivity contribution is 6.05. The lowest BCUT2D eigenvalue weighted by atomic mass is 10.1. The topological polar surface area (TPSA) is 111 Å². The minimum absolute atomic E-state index is 0.0887. The molecule has 0 bridgehead atoms. The maximum atomic E-state index is 12.5. The van der Waals surface area contributed by atoms with Crippen molar-refractivity contribution in [3.8, 4) is 0 Å². The van der Waals surface area contributed by atoms with Crippen LogP contribution >= 0.6 is 0 Å². The lowest BCUT2D eigenvalue weighted by Gasteiger charge is -2.11. The first-order chi connectivity index (χ1) is 13.1. The van der Waals surface area contributed by atoms with Crippen LogP contribution in [0, 0.1) is 0 Å². The number of imidazole rings is 1. The number of fused-ring (bicyclic) bond motifs is 1. The number of amides is 2. The first kappa shape index (κ1) is 18.3. The number of aromatic nitrogens is 4. The number of benzene rings is 1. The van der Waals surface area contributed by atoms with Gasteiger partial charge in [-0.25, -0.2) is 9.67 Å². The Kier molecular flexibility index (Phi) is 5.60. The Morgan fingerprint density at radius 1 is 1.15 bits per heavy atom. The van der Waals surface area contributed by atoms with Crippen LogP contribution in [0.4, 0.5) is 0 Å². The smallest absolute Gasteiger partial charge is 0.290 e. The van der Waals surface area contributed by atoms with E-state index in [0.717, 1.165) is 0 Å². The molecule has 27 heavy (non-hydrogen) atoms. The molecule has 0 spiro atoms. The quantitative estimate of drug-likeness (QED) is 0.627. The predicted molar refractivity (Wildman–Crippen MR) is 98.7 cm³/mol. The van der Waals surface area contributed by atoms with E-state index in [9.17, 15) is 14.4 Å². The largest absolute Gasteiger partial charge is 0.337 e. The van der Waals surface area contributed by atoms with Crippen LogP contribution in [0.25, 0.3) is 10.8 Å². The van der Waals surface area contributed by atoms with Crippen molar-refractivity contribution in [2.45, 2.75) is 32.9 Å². The number of carbonyl (C=O) groups is 2. The molecule has 0 aliphatic carbocycles. The first-order valence-electron chi connectivity index (χ1n) is 8.65. The Morgan fingerprint density at radius 2 is 1.93 bits per heavy atom. The zero-order chi connectivity index (χ0) is 19.2. The zero-order valence-electron chi connectivity index (χ0n) is 14.9. The van der Waals surface area contributed by atoms with Gasteiger partial charge in [0.1, 0.15) is 0 Å². The molecule has 0 aliphatic heterocycles. The number of hydrogen-bond donors (Lipinski definition) is 2. The van der Waals surface area contributed by atoms with Crippen LogP contribution in [0.1, 0.15) is 30.3 Å². The SMILES string of the molecule is CCn1nc(C(=O)NNC(=O)CCCn2ccnc2)c2ccccc2c1=O. The molecular formula is C18H20N6O3. The van der Waals surface area contributed by atoms with E-state index in [-0.39, 0.29) is 23.6 Å². The fourth-order valence-corrected chi connectivity index (χ4v) is 2.71. The number of hydrogen-bond acceptors (Lipinski definition) is 5. The van der Waals surface area contributed by atoms with Crippen molar-refractivity contribution >= 4 is 22.6 Å². The Bertz CT molecular complexity index is 1010. The number of aryl methyl sites for hydroxylation is 2. The molecule has 140 valence electrons. The second-order valence-corrected chi connectivity index (χ2v) is 5.92. The van der Waals surface area contributed by atoms with E-state index in [1.807, 2.05) is 10.8 Å². The van der Waals surface area contributed by atoms with Gasteiger partial charge in [-0.05, 0) is 19.4 Å². The molecule has 0 atom stereocenters. The van der Waals surface area contributed by atoms with E-state index < -0.39 is 5.91 Å². The summed E-state index contributed by atoms with van der Waals surface area (Å²) < 4.78 is 3.10. The third-order valence-corrected chi connectivity index (χ3v) is 4.08. The van der Waals surface area contributed by atoms with Gasteiger partial charge in [-0.15, -0.1) is 0 Å². The molecule has 0 fully saturated rings. The van der Waals surface area contributed by atoms with Crippen molar-refractivity contribution in [3.63, 3.8) is 0 Å². The van der Waals surface area contributed by atoms with E-state index in [1.54, 1.807) is 43.7 Å². The van der Waals surface area contributed by atoms with Gasteiger partial charge in [0.2, 0.25) is 5.91 Å². The molecule has 0 saturated heterocycles. The highest BCUT2D eigenvalue weighted by Crippen LogP contribution is 2.12. The molecule has 2 N–H and O–H groups in total. The van der Waals surface area contributed by atoms with Crippen molar-refractivity contribution in [3.05, 3.63) is 59.0 Å². The Labute approximate surface area is 155 Å². The first-order valence-corrected chi connectivity index (χ1v) is 8.65. The van der Waals surface area contributed by atoms with E-state index in [2.05, 4.69) is 20.9 Å². The average Bonchev–Trinajstić information content (AvgIpc) is 3.20. The van der Waals surface area contributed by atoms with Gasteiger partial charge < -0.3 is 4.57 Å². The van der Waals surface area contributed by atoms with Crippen LogP contribution in [0.2, 0.25) is 0 Å². The average molecular weight is 368 g/mol. The molecule has 9 heteroatoms. The number of carbonyl (C=O) groups excluding carboxylic acids is 2. The van der Waals surface area contributed by atoms with E-state index >= 15 is 0 Å². The highest BCUT2D eigenvalue weighted by atomic mass is 16.2. The molecule has 3 rings (SSSR count). The summed E-state index contributed by atoms with van der Waals surface area (Å²) in [5, 5.41) is 4.98. The van der Waals surface area contributed by atoms with Gasteiger partial charge in [0.05, 0.1) is 11.7 Å². The Morgan fingerprint density at radius 3 is 2.63 bits per heavy atom. The molecule has 2 heterocycles. The maximum absolute atomic E-state index is 12.5. The molecule has 2 amide bonds. The summed E-state index contributed by atoms with van der Waals surface area (Å²) in [5.41, 5.74) is 4.59. The van der Waals surface area contributed by atoms with Crippen LogP contribution in [0.3, 0.4) is 0 Å². The molecule has 1 aromatic carbocycles. The summed E-state index contributed by atoms with van der Waals surface area (Å²) in [6.45, 7) is 2.77. The summed E-state index contributed by atoms with van der Waals surface area (Å²) in [4.78, 5) is 40.6. The zero-order valence-corrected chi connectivity index (χ0v) is 14.9. The van der Waals surface area contributed by atoms with Gasteiger partial charge in [-0.3, -0.25) is 25.2 Å². The maximum Gasteiger partial charge on any atom is 0.290 e. The lowest BCUT2D eigenvalue weighted by molar-refractivity contribution is -0.122. The van der Waals surface area contributed by atoms with E-state index in [0.29, 0.717) is 30.3 Å². The summed E-state index contributed by atoms with van der Waals surface area (Å²) in [6.07, 6.45) is 6.03. The van der Waals surface area contributed by atoms with Gasteiger partial charge in [0, 0.05) is 37.3 Å². The van der Waals surface area contributed by atoms with Gasteiger partial charge in [-0.1, -0.05) is 18.2 Å². The van der Waals surface area contributed by atoms with Crippen molar-refractivity contribution in [1.82, 2.24) is 30.2 Å². The number of hydrazine groups is 1. The van der Waals surface area contributed by atoms with Gasteiger partial charge in [-0.2, -0.15) is 5.10 Å². The predicted octanol–water partition coefficient (Wildman–Crippen LogP) is 0.854.